The van der Waals surface area contributed by atoms with Gasteiger partial charge in [0.2, 0.25) is 11.8 Å². The van der Waals surface area contributed by atoms with Crippen molar-refractivity contribution in [3.63, 3.8) is 0 Å². The van der Waals surface area contributed by atoms with Crippen LogP contribution in [0.2, 0.25) is 0 Å². The second kappa shape index (κ2) is 6.48. The van der Waals surface area contributed by atoms with Gasteiger partial charge in [-0.05, 0) is 55.7 Å². The molecule has 0 spiro atoms. The van der Waals surface area contributed by atoms with Crippen LogP contribution in [-0.2, 0) is 16.0 Å². The fourth-order valence-corrected chi connectivity index (χ4v) is 3.75. The first-order valence-corrected chi connectivity index (χ1v) is 8.94. The van der Waals surface area contributed by atoms with Crippen molar-refractivity contribution in [2.45, 2.75) is 25.8 Å². The van der Waals surface area contributed by atoms with Gasteiger partial charge >= 0.3 is 0 Å². The van der Waals surface area contributed by atoms with Crippen LogP contribution in [0, 0.1) is 11.8 Å². The Bertz CT molecular complexity index is 847. The topological polar surface area (TPSA) is 58.6 Å². The van der Waals surface area contributed by atoms with Gasteiger partial charge in [-0.25, -0.2) is 0 Å². The highest BCUT2D eigenvalue weighted by molar-refractivity contribution is 6.05. The summed E-state index contributed by atoms with van der Waals surface area (Å²) < 4.78 is 5.12. The highest BCUT2D eigenvalue weighted by Crippen LogP contribution is 2.44. The molecule has 2 aromatic carbocycles. The molecule has 1 fully saturated rings. The Hall–Kier alpha value is -2.82. The van der Waals surface area contributed by atoms with Crippen molar-refractivity contribution in [2.75, 3.05) is 17.3 Å². The zero-order valence-corrected chi connectivity index (χ0v) is 14.9. The van der Waals surface area contributed by atoms with Crippen molar-refractivity contribution in [2.24, 2.45) is 11.8 Å². The molecule has 1 saturated carbocycles. The van der Waals surface area contributed by atoms with Crippen LogP contribution in [-0.4, -0.2) is 25.0 Å². The van der Waals surface area contributed by atoms with Crippen molar-refractivity contribution in [1.82, 2.24) is 0 Å². The van der Waals surface area contributed by atoms with Gasteiger partial charge in [-0.15, -0.1) is 0 Å². The highest BCUT2D eigenvalue weighted by atomic mass is 16.5. The molecular formula is C21H22N2O3. The van der Waals surface area contributed by atoms with Crippen LogP contribution in [0.1, 0.15) is 18.9 Å². The number of para-hydroxylation sites is 1. The summed E-state index contributed by atoms with van der Waals surface area (Å²) >= 11 is 0. The number of hydrogen-bond donors (Lipinski definition) is 1. The summed E-state index contributed by atoms with van der Waals surface area (Å²) in [6.45, 7) is 2.06. The number of rotatable bonds is 4. The molecule has 2 aliphatic rings. The van der Waals surface area contributed by atoms with Crippen LogP contribution in [0.25, 0.3) is 0 Å². The van der Waals surface area contributed by atoms with Gasteiger partial charge in [0.15, 0.2) is 0 Å². The number of carbonyl (C=O) groups is 2. The average Bonchev–Trinajstić information content (AvgIpc) is 3.38. The summed E-state index contributed by atoms with van der Waals surface area (Å²) in [5.74, 6) is 0.251. The third-order valence-corrected chi connectivity index (χ3v) is 5.25. The van der Waals surface area contributed by atoms with Crippen LogP contribution in [0.15, 0.2) is 48.5 Å². The Morgan fingerprint density at radius 2 is 1.81 bits per heavy atom. The van der Waals surface area contributed by atoms with Crippen LogP contribution in [0.5, 0.6) is 5.75 Å². The van der Waals surface area contributed by atoms with E-state index in [9.17, 15) is 9.59 Å². The highest BCUT2D eigenvalue weighted by Gasteiger charge is 2.51. The second-order valence-electron chi connectivity index (χ2n) is 7.06. The fraction of sp³-hybridized carbons (Fsp3) is 0.333. The lowest BCUT2D eigenvalue weighted by Crippen LogP contribution is -2.37. The predicted octanol–water partition coefficient (Wildman–Crippen LogP) is 3.25. The third-order valence-electron chi connectivity index (χ3n) is 5.25. The monoisotopic (exact) mass is 350 g/mol. The summed E-state index contributed by atoms with van der Waals surface area (Å²) in [5.41, 5.74) is 2.91. The summed E-state index contributed by atoms with van der Waals surface area (Å²) in [6, 6.07) is 15.4. The minimum Gasteiger partial charge on any atom is -0.497 e. The Kier molecular flexibility index (Phi) is 4.15. The Morgan fingerprint density at radius 3 is 2.54 bits per heavy atom. The second-order valence-corrected chi connectivity index (χ2v) is 7.06. The van der Waals surface area contributed by atoms with E-state index in [0.717, 1.165) is 17.9 Å². The van der Waals surface area contributed by atoms with Gasteiger partial charge in [-0.2, -0.15) is 0 Å². The largest absolute Gasteiger partial charge is 0.497 e. The third kappa shape index (κ3) is 2.94. The van der Waals surface area contributed by atoms with E-state index in [-0.39, 0.29) is 29.7 Å². The minimum atomic E-state index is -0.246. The number of ether oxygens (including phenoxy) is 1. The van der Waals surface area contributed by atoms with Crippen molar-refractivity contribution in [3.8, 4) is 5.75 Å². The number of methoxy groups -OCH3 is 1. The molecule has 5 heteroatoms. The van der Waals surface area contributed by atoms with Gasteiger partial charge in [0, 0.05) is 17.4 Å². The summed E-state index contributed by atoms with van der Waals surface area (Å²) in [4.78, 5) is 27.3. The Labute approximate surface area is 153 Å². The lowest BCUT2D eigenvalue weighted by Gasteiger charge is -2.23. The summed E-state index contributed by atoms with van der Waals surface area (Å²) in [5, 5.41) is 2.90. The number of hydrogen-bond acceptors (Lipinski definition) is 3. The van der Waals surface area contributed by atoms with E-state index in [4.69, 9.17) is 4.74 Å². The number of nitrogens with one attached hydrogen (secondary N) is 1. The number of anilines is 2. The molecule has 134 valence electrons. The summed E-state index contributed by atoms with van der Waals surface area (Å²) in [6.07, 6.45) is 1.49. The molecule has 5 nitrogen and oxygen atoms in total. The molecule has 2 aromatic rings. The number of amides is 2. The van der Waals surface area contributed by atoms with Crippen molar-refractivity contribution < 1.29 is 14.3 Å². The first kappa shape index (κ1) is 16.6. The van der Waals surface area contributed by atoms with E-state index in [1.165, 1.54) is 5.56 Å². The maximum absolute atomic E-state index is 13.0. The number of fused-ring (bicyclic) bond motifs is 1. The van der Waals surface area contributed by atoms with Gasteiger partial charge in [0.25, 0.3) is 0 Å². The maximum Gasteiger partial charge on any atom is 0.231 e. The molecule has 26 heavy (non-hydrogen) atoms. The van der Waals surface area contributed by atoms with Gasteiger partial charge in [-0.3, -0.25) is 9.59 Å². The minimum absolute atomic E-state index is 0.0670. The van der Waals surface area contributed by atoms with Crippen LogP contribution in [0.4, 0.5) is 11.4 Å². The van der Waals surface area contributed by atoms with Crippen LogP contribution in [0.3, 0.4) is 0 Å². The number of nitrogens with zero attached hydrogens (tertiary/aromatic N) is 1. The zero-order valence-electron chi connectivity index (χ0n) is 14.9. The van der Waals surface area contributed by atoms with Gasteiger partial charge in [0.1, 0.15) is 5.75 Å². The molecular weight excluding hydrogens is 328 g/mol. The predicted molar refractivity (Wildman–Crippen MR) is 100 cm³/mol. The van der Waals surface area contributed by atoms with E-state index >= 15 is 0 Å². The molecule has 0 bridgehead atoms. The van der Waals surface area contributed by atoms with Crippen molar-refractivity contribution >= 4 is 23.2 Å². The van der Waals surface area contributed by atoms with Crippen LogP contribution >= 0.6 is 0 Å². The van der Waals surface area contributed by atoms with Crippen molar-refractivity contribution in [3.05, 3.63) is 54.1 Å². The van der Waals surface area contributed by atoms with E-state index in [1.54, 1.807) is 31.4 Å². The Balaban J connectivity index is 1.41. The normalized spacial score (nSPS) is 23.3. The standard InChI is InChI=1S/C21H22N2O3/c1-13-11-14-5-3-4-6-19(14)23(13)21(25)18-12-17(18)20(24)22-15-7-9-16(26-2)10-8-15/h3-10,13,17-18H,11-12H2,1-2H3,(H,22,24). The fourth-order valence-electron chi connectivity index (χ4n) is 3.75. The van der Waals surface area contributed by atoms with E-state index < -0.39 is 0 Å². The van der Waals surface area contributed by atoms with E-state index in [0.29, 0.717) is 12.1 Å². The molecule has 1 N–H and O–H groups in total. The molecule has 0 saturated heterocycles. The van der Waals surface area contributed by atoms with Gasteiger partial charge in [-0.1, -0.05) is 18.2 Å². The van der Waals surface area contributed by atoms with Crippen LogP contribution < -0.4 is 15.0 Å². The SMILES string of the molecule is COc1ccc(NC(=O)C2CC2C(=O)N2c3ccccc3CC2C)cc1. The first-order valence-electron chi connectivity index (χ1n) is 8.94. The molecule has 3 unspecified atom stereocenters. The molecule has 1 heterocycles. The molecule has 4 rings (SSSR count). The zero-order chi connectivity index (χ0) is 18.3. The molecule has 0 aromatic heterocycles. The maximum atomic E-state index is 13.0. The lowest BCUT2D eigenvalue weighted by molar-refractivity contribution is -0.123. The van der Waals surface area contributed by atoms with Gasteiger partial charge < -0.3 is 15.0 Å². The lowest BCUT2D eigenvalue weighted by atomic mass is 10.1. The average molecular weight is 350 g/mol. The van der Waals surface area contributed by atoms with Crippen molar-refractivity contribution in [1.29, 1.82) is 0 Å². The first-order chi connectivity index (χ1) is 12.6. The molecule has 1 aliphatic carbocycles. The quantitative estimate of drug-likeness (QED) is 0.921. The molecule has 1 aliphatic heterocycles. The Morgan fingerprint density at radius 1 is 1.08 bits per heavy atom. The number of carbonyl (C=O) groups excluding carboxylic acids is 2. The summed E-state index contributed by atoms with van der Waals surface area (Å²) in [7, 11) is 1.60. The number of benzene rings is 2. The van der Waals surface area contributed by atoms with E-state index in [1.807, 2.05) is 23.1 Å². The molecule has 0 radical (unpaired) electrons. The van der Waals surface area contributed by atoms with E-state index in [2.05, 4.69) is 18.3 Å². The smallest absolute Gasteiger partial charge is 0.231 e. The molecule has 2 amide bonds. The molecule has 3 atom stereocenters. The van der Waals surface area contributed by atoms with Gasteiger partial charge in [0.05, 0.1) is 18.9 Å².